The van der Waals surface area contributed by atoms with E-state index in [0.29, 0.717) is 0 Å². The van der Waals surface area contributed by atoms with Gasteiger partial charge in [-0.25, -0.2) is 0 Å². The summed E-state index contributed by atoms with van der Waals surface area (Å²) in [5.74, 6) is 0. The van der Waals surface area contributed by atoms with E-state index in [1.807, 2.05) is 12.1 Å². The van der Waals surface area contributed by atoms with Crippen molar-refractivity contribution in [1.82, 2.24) is 0 Å². The van der Waals surface area contributed by atoms with Gasteiger partial charge in [-0.3, -0.25) is 0 Å². The Kier molecular flexibility index (Phi) is 6.65. The summed E-state index contributed by atoms with van der Waals surface area (Å²) < 4.78 is 2.32. The van der Waals surface area contributed by atoms with Crippen molar-refractivity contribution in [2.45, 2.75) is 13.3 Å². The zero-order valence-electron chi connectivity index (χ0n) is 14.6. The Bertz CT molecular complexity index is 908. The topological polar surface area (TPSA) is 0 Å². The van der Waals surface area contributed by atoms with Crippen molar-refractivity contribution in [3.05, 3.63) is 112 Å². The molecule has 0 atom stereocenters. The first-order valence-electron chi connectivity index (χ1n) is 8.57. The Hall–Kier alpha value is -1.90. The van der Waals surface area contributed by atoms with Crippen LogP contribution >= 0.6 is 31.9 Å². The molecule has 0 N–H and O–H groups in total. The number of rotatable bonds is 5. The molecule has 0 unspecified atom stereocenters. The third-order valence-electron chi connectivity index (χ3n) is 4.36. The molecule has 0 aliphatic heterocycles. The van der Waals surface area contributed by atoms with Crippen LogP contribution < -0.4 is 0 Å². The molecule has 3 aromatic rings. The predicted molar refractivity (Wildman–Crippen MR) is 121 cm³/mol. The molecule has 26 heavy (non-hydrogen) atoms. The normalized spacial score (nSPS) is 13.0. The molecule has 3 rings (SSSR count). The van der Waals surface area contributed by atoms with Crippen LogP contribution in [0.4, 0.5) is 0 Å². The molecule has 130 valence electrons. The van der Waals surface area contributed by atoms with E-state index in [9.17, 15) is 0 Å². The molecule has 0 fully saturated rings. The third kappa shape index (κ3) is 4.63. The van der Waals surface area contributed by atoms with E-state index in [4.69, 9.17) is 0 Å². The van der Waals surface area contributed by atoms with E-state index < -0.39 is 0 Å². The summed E-state index contributed by atoms with van der Waals surface area (Å²) in [7, 11) is 0. The zero-order chi connectivity index (χ0) is 18.4. The van der Waals surface area contributed by atoms with Gasteiger partial charge in [-0.2, -0.15) is 0 Å². The quantitative estimate of drug-likeness (QED) is 0.332. The van der Waals surface area contributed by atoms with Crippen LogP contribution in [0.2, 0.25) is 0 Å². The van der Waals surface area contributed by atoms with Gasteiger partial charge in [0.25, 0.3) is 0 Å². The van der Waals surface area contributed by atoms with Gasteiger partial charge in [0.1, 0.15) is 0 Å². The average molecular weight is 468 g/mol. The van der Waals surface area contributed by atoms with Gasteiger partial charge in [0.15, 0.2) is 0 Å². The fraction of sp³-hybridized carbons (Fsp3) is 0.0833. The van der Waals surface area contributed by atoms with Crippen LogP contribution in [0.25, 0.3) is 15.6 Å². The summed E-state index contributed by atoms with van der Waals surface area (Å²) in [6, 6.07) is 31.5. The van der Waals surface area contributed by atoms with Crippen LogP contribution in [0.3, 0.4) is 0 Å². The van der Waals surface area contributed by atoms with Crippen molar-refractivity contribution in [2.24, 2.45) is 0 Å². The largest absolute Gasteiger partial charge is 0.0622 e. The SMILES string of the molecule is C/C(=C(/Br)C/C(=C(\Br)c1ccccc1)c1ccccc1)c1ccccc1. The second kappa shape index (κ2) is 9.16. The summed E-state index contributed by atoms with van der Waals surface area (Å²) >= 11 is 7.70. The van der Waals surface area contributed by atoms with Crippen molar-refractivity contribution < 1.29 is 0 Å². The smallest absolute Gasteiger partial charge is 0.0289 e. The summed E-state index contributed by atoms with van der Waals surface area (Å²) in [6.07, 6.45) is 0.820. The van der Waals surface area contributed by atoms with Crippen molar-refractivity contribution >= 4 is 47.5 Å². The molecular weight excluding hydrogens is 448 g/mol. The molecule has 0 aromatic heterocycles. The van der Waals surface area contributed by atoms with Gasteiger partial charge in [-0.1, -0.05) is 107 Å². The van der Waals surface area contributed by atoms with Gasteiger partial charge in [-0.15, -0.1) is 0 Å². The number of allylic oxidation sites excluding steroid dienone is 3. The molecule has 0 amide bonds. The Morgan fingerprint density at radius 2 is 1.04 bits per heavy atom. The highest BCUT2D eigenvalue weighted by Crippen LogP contribution is 2.38. The Labute approximate surface area is 172 Å². The first-order chi connectivity index (χ1) is 12.7. The zero-order valence-corrected chi connectivity index (χ0v) is 17.8. The molecule has 2 heteroatoms. The maximum atomic E-state index is 3.86. The monoisotopic (exact) mass is 466 g/mol. The first kappa shape index (κ1) is 18.9. The van der Waals surface area contributed by atoms with Crippen LogP contribution in [0.5, 0.6) is 0 Å². The number of hydrogen-bond acceptors (Lipinski definition) is 0. The van der Waals surface area contributed by atoms with Crippen LogP contribution in [-0.4, -0.2) is 0 Å². The van der Waals surface area contributed by atoms with Crippen molar-refractivity contribution in [1.29, 1.82) is 0 Å². The molecule has 0 aliphatic carbocycles. The molecule has 0 aliphatic rings. The third-order valence-corrected chi connectivity index (χ3v) is 6.17. The highest BCUT2D eigenvalue weighted by atomic mass is 79.9. The van der Waals surface area contributed by atoms with Crippen LogP contribution in [0.15, 0.2) is 95.5 Å². The molecule has 0 nitrogen and oxygen atoms in total. The van der Waals surface area contributed by atoms with Gasteiger partial charge < -0.3 is 0 Å². The van der Waals surface area contributed by atoms with Gasteiger partial charge in [0.2, 0.25) is 0 Å². The number of hydrogen-bond donors (Lipinski definition) is 0. The maximum Gasteiger partial charge on any atom is 0.0289 e. The van der Waals surface area contributed by atoms with Crippen LogP contribution in [0, 0.1) is 0 Å². The Morgan fingerprint density at radius 3 is 1.54 bits per heavy atom. The first-order valence-corrected chi connectivity index (χ1v) is 10.2. The predicted octanol–water partition coefficient (Wildman–Crippen LogP) is 8.17. The van der Waals surface area contributed by atoms with Crippen LogP contribution in [-0.2, 0) is 0 Å². The van der Waals surface area contributed by atoms with E-state index in [-0.39, 0.29) is 0 Å². The average Bonchev–Trinajstić information content (AvgIpc) is 2.72. The summed E-state index contributed by atoms with van der Waals surface area (Å²) in [5, 5.41) is 0. The fourth-order valence-electron chi connectivity index (χ4n) is 2.84. The molecule has 0 radical (unpaired) electrons. The van der Waals surface area contributed by atoms with Gasteiger partial charge in [0, 0.05) is 15.4 Å². The summed E-state index contributed by atoms with van der Waals surface area (Å²) in [6.45, 7) is 2.17. The maximum absolute atomic E-state index is 3.86. The summed E-state index contributed by atoms with van der Waals surface area (Å²) in [5.41, 5.74) is 6.17. The fourth-order valence-corrected chi connectivity index (χ4v) is 3.98. The van der Waals surface area contributed by atoms with Gasteiger partial charge >= 0.3 is 0 Å². The van der Waals surface area contributed by atoms with E-state index in [0.717, 1.165) is 10.9 Å². The molecule has 0 bridgehead atoms. The lowest BCUT2D eigenvalue weighted by molar-refractivity contribution is 1.36. The lowest BCUT2D eigenvalue weighted by atomic mass is 9.97. The van der Waals surface area contributed by atoms with E-state index in [1.165, 1.54) is 32.3 Å². The highest BCUT2D eigenvalue weighted by Gasteiger charge is 2.12. The lowest BCUT2D eigenvalue weighted by Crippen LogP contribution is -1.91. The molecule has 0 saturated carbocycles. The number of benzene rings is 3. The van der Waals surface area contributed by atoms with Gasteiger partial charge in [-0.05, 0) is 50.7 Å². The second-order valence-electron chi connectivity index (χ2n) is 6.10. The van der Waals surface area contributed by atoms with Gasteiger partial charge in [0.05, 0.1) is 0 Å². The minimum Gasteiger partial charge on any atom is -0.0622 e. The van der Waals surface area contributed by atoms with E-state index in [1.54, 1.807) is 0 Å². The minimum atomic E-state index is 0.820. The lowest BCUT2D eigenvalue weighted by Gasteiger charge is -2.14. The second-order valence-corrected chi connectivity index (χ2v) is 7.85. The Balaban J connectivity index is 2.05. The minimum absolute atomic E-state index is 0.820. The molecule has 0 heterocycles. The van der Waals surface area contributed by atoms with Crippen molar-refractivity contribution in [3.63, 3.8) is 0 Å². The molecule has 0 spiro atoms. The van der Waals surface area contributed by atoms with E-state index >= 15 is 0 Å². The standard InChI is InChI=1S/C24H20Br2/c1-18(19-11-5-2-6-12-19)23(25)17-22(20-13-7-3-8-14-20)24(26)21-15-9-4-10-16-21/h2-16H,17H2,1H3/b23-18-,24-22+. The highest BCUT2D eigenvalue weighted by molar-refractivity contribution is 9.15. The van der Waals surface area contributed by atoms with Crippen molar-refractivity contribution in [2.75, 3.05) is 0 Å². The van der Waals surface area contributed by atoms with Crippen LogP contribution in [0.1, 0.15) is 30.0 Å². The van der Waals surface area contributed by atoms with Crippen molar-refractivity contribution in [3.8, 4) is 0 Å². The summed E-state index contributed by atoms with van der Waals surface area (Å²) in [4.78, 5) is 0. The molecule has 0 saturated heterocycles. The number of halogens is 2. The van der Waals surface area contributed by atoms with E-state index in [2.05, 4.69) is 118 Å². The molecular formula is C24H20Br2. The molecule has 3 aromatic carbocycles. The Morgan fingerprint density at radius 1 is 0.615 bits per heavy atom.